The maximum Gasteiger partial charge on any atom is 0.265 e. The lowest BCUT2D eigenvalue weighted by Gasteiger charge is -2.08. The predicted molar refractivity (Wildman–Crippen MR) is 74.0 cm³/mol. The molecular weight excluding hydrogens is 268 g/mol. The molecule has 1 unspecified atom stereocenters. The Bertz CT molecular complexity index is 386. The molecule has 1 atom stereocenters. The van der Waals surface area contributed by atoms with Crippen LogP contribution in [0.1, 0.15) is 10.4 Å². The number of nitrogen functional groups attached to an aromatic ring is 1. The molecule has 1 aromatic carbocycles. The molecule has 19 heavy (non-hydrogen) atoms. The first-order valence-corrected chi connectivity index (χ1v) is 6.93. The summed E-state index contributed by atoms with van der Waals surface area (Å²) < 4.78 is 5.46. The largest absolute Gasteiger partial charge is 0.493 e. The van der Waals surface area contributed by atoms with E-state index in [1.807, 2.05) is 5.43 Å². The summed E-state index contributed by atoms with van der Waals surface area (Å²) in [6, 6.07) is 6.63. The number of hydrazine groups is 1. The molecule has 1 aromatic rings. The summed E-state index contributed by atoms with van der Waals surface area (Å²) in [5.41, 5.74) is 2.52. The Balaban J connectivity index is 2.25. The molecule has 0 bridgehead atoms. The van der Waals surface area contributed by atoms with Gasteiger partial charge in [0.15, 0.2) is 0 Å². The molecule has 0 heterocycles. The van der Waals surface area contributed by atoms with Crippen LogP contribution in [0.2, 0.25) is 0 Å². The molecule has 6 nitrogen and oxygen atoms in total. The number of rotatable bonds is 8. The summed E-state index contributed by atoms with van der Waals surface area (Å²) in [5.74, 6) is 6.53. The zero-order valence-corrected chi connectivity index (χ0v) is 11.2. The minimum Gasteiger partial charge on any atom is -0.493 e. The molecule has 0 saturated carbocycles. The summed E-state index contributed by atoms with van der Waals surface area (Å²) >= 11 is 1.50. The van der Waals surface area contributed by atoms with Gasteiger partial charge in [-0.3, -0.25) is 10.2 Å². The van der Waals surface area contributed by atoms with Gasteiger partial charge in [-0.2, -0.15) is 11.8 Å². The maximum atomic E-state index is 11.2. The number of nitrogens with two attached hydrogens (primary N) is 1. The molecular formula is C12H18N2O4S. The van der Waals surface area contributed by atoms with Crippen molar-refractivity contribution in [1.82, 2.24) is 5.43 Å². The van der Waals surface area contributed by atoms with E-state index >= 15 is 0 Å². The van der Waals surface area contributed by atoms with Crippen molar-refractivity contribution in [2.75, 3.05) is 24.7 Å². The van der Waals surface area contributed by atoms with Crippen LogP contribution in [0.15, 0.2) is 24.3 Å². The number of benzene rings is 1. The highest BCUT2D eigenvalue weighted by Crippen LogP contribution is 2.13. The third kappa shape index (κ3) is 5.93. The van der Waals surface area contributed by atoms with E-state index in [9.17, 15) is 4.79 Å². The summed E-state index contributed by atoms with van der Waals surface area (Å²) in [6.45, 7) is 0.268. The van der Waals surface area contributed by atoms with E-state index in [1.165, 1.54) is 11.8 Å². The quantitative estimate of drug-likeness (QED) is 0.227. The fourth-order valence-electron chi connectivity index (χ4n) is 1.28. The Labute approximate surface area is 115 Å². The summed E-state index contributed by atoms with van der Waals surface area (Å²) in [5, 5.41) is 17.7. The number of hydrogen-bond donors (Lipinski definition) is 4. The number of amides is 1. The van der Waals surface area contributed by atoms with Crippen molar-refractivity contribution in [2.24, 2.45) is 5.84 Å². The smallest absolute Gasteiger partial charge is 0.265 e. The Kier molecular flexibility index (Phi) is 7.27. The lowest BCUT2D eigenvalue weighted by molar-refractivity contribution is 0.0953. The second-order valence-electron chi connectivity index (χ2n) is 3.76. The van der Waals surface area contributed by atoms with Crippen LogP contribution >= 0.6 is 11.8 Å². The van der Waals surface area contributed by atoms with E-state index in [-0.39, 0.29) is 12.5 Å². The molecule has 0 aliphatic rings. The molecule has 0 fully saturated rings. The zero-order chi connectivity index (χ0) is 14.1. The van der Waals surface area contributed by atoms with Gasteiger partial charge in [0.05, 0.1) is 19.3 Å². The van der Waals surface area contributed by atoms with Crippen LogP contribution in [0.4, 0.5) is 0 Å². The monoisotopic (exact) mass is 286 g/mol. The highest BCUT2D eigenvalue weighted by Gasteiger charge is 2.04. The summed E-state index contributed by atoms with van der Waals surface area (Å²) in [6.07, 6.45) is -0.681. The molecule has 106 valence electrons. The first-order valence-electron chi connectivity index (χ1n) is 5.78. The lowest BCUT2D eigenvalue weighted by Crippen LogP contribution is -2.29. The molecule has 0 saturated heterocycles. The average molecular weight is 286 g/mol. The van der Waals surface area contributed by atoms with Gasteiger partial charge in [-0.1, -0.05) is 0 Å². The van der Waals surface area contributed by atoms with Gasteiger partial charge in [-0.25, -0.2) is 5.84 Å². The van der Waals surface area contributed by atoms with Crippen molar-refractivity contribution in [3.05, 3.63) is 29.8 Å². The van der Waals surface area contributed by atoms with Gasteiger partial charge < -0.3 is 14.9 Å². The maximum absolute atomic E-state index is 11.2. The number of aliphatic hydroxyl groups excluding tert-OH is 2. The predicted octanol–water partition coefficient (Wildman–Crippen LogP) is -0.245. The zero-order valence-electron chi connectivity index (χ0n) is 10.4. The van der Waals surface area contributed by atoms with Crippen LogP contribution in [0.25, 0.3) is 0 Å². The van der Waals surface area contributed by atoms with Crippen LogP contribution in [-0.2, 0) is 0 Å². The highest BCUT2D eigenvalue weighted by molar-refractivity contribution is 7.99. The molecule has 7 heteroatoms. The lowest BCUT2D eigenvalue weighted by atomic mass is 10.2. The summed E-state index contributed by atoms with van der Waals surface area (Å²) in [7, 11) is 0. The van der Waals surface area contributed by atoms with Gasteiger partial charge in [-0.15, -0.1) is 0 Å². The first-order chi connectivity index (χ1) is 9.17. The minimum atomic E-state index is -0.681. The number of carbonyl (C=O) groups is 1. The molecule has 1 rings (SSSR count). The number of nitrogens with one attached hydrogen (secondary N) is 1. The van der Waals surface area contributed by atoms with Crippen molar-refractivity contribution >= 4 is 17.7 Å². The normalized spacial score (nSPS) is 11.9. The Morgan fingerprint density at radius 2 is 2.11 bits per heavy atom. The highest BCUT2D eigenvalue weighted by atomic mass is 32.2. The standard InChI is InChI=1S/C12H18N2O4S/c13-14-12(17)9-1-3-11(4-2-9)18-5-6-19-8-10(16)7-15/h1-4,10,15-16H,5-8,13H2,(H,14,17). The van der Waals surface area contributed by atoms with E-state index in [0.717, 1.165) is 0 Å². The number of thioether (sulfide) groups is 1. The molecule has 1 amide bonds. The molecule has 0 aliphatic carbocycles. The van der Waals surface area contributed by atoms with Crippen molar-refractivity contribution in [1.29, 1.82) is 0 Å². The molecule has 0 spiro atoms. The third-order valence-electron chi connectivity index (χ3n) is 2.26. The van der Waals surface area contributed by atoms with Crippen molar-refractivity contribution < 1.29 is 19.7 Å². The molecule has 0 aromatic heterocycles. The minimum absolute atomic E-state index is 0.224. The van der Waals surface area contributed by atoms with Gasteiger partial charge in [0.1, 0.15) is 5.75 Å². The number of carbonyl (C=O) groups excluding carboxylic acids is 1. The number of ether oxygens (including phenoxy) is 1. The Hall–Kier alpha value is -1.28. The van der Waals surface area contributed by atoms with Crippen LogP contribution in [0, 0.1) is 0 Å². The van der Waals surface area contributed by atoms with Crippen molar-refractivity contribution in [3.8, 4) is 5.75 Å². The second kappa shape index (κ2) is 8.76. The number of aliphatic hydroxyl groups is 2. The van der Waals surface area contributed by atoms with E-state index in [1.54, 1.807) is 24.3 Å². The van der Waals surface area contributed by atoms with E-state index in [4.69, 9.17) is 20.8 Å². The Morgan fingerprint density at radius 3 is 2.68 bits per heavy atom. The first kappa shape index (κ1) is 15.8. The van der Waals surface area contributed by atoms with E-state index in [2.05, 4.69) is 0 Å². The third-order valence-corrected chi connectivity index (χ3v) is 3.34. The van der Waals surface area contributed by atoms with Crippen LogP contribution in [0.5, 0.6) is 5.75 Å². The summed E-state index contributed by atoms with van der Waals surface area (Å²) in [4.78, 5) is 11.2. The fourth-order valence-corrected chi connectivity index (χ4v) is 2.02. The fraction of sp³-hybridized carbons (Fsp3) is 0.417. The van der Waals surface area contributed by atoms with Gasteiger partial charge in [0.2, 0.25) is 0 Å². The van der Waals surface area contributed by atoms with Crippen LogP contribution in [-0.4, -0.2) is 46.9 Å². The molecule has 0 radical (unpaired) electrons. The van der Waals surface area contributed by atoms with Crippen LogP contribution < -0.4 is 16.0 Å². The number of hydrogen-bond acceptors (Lipinski definition) is 6. The topological polar surface area (TPSA) is 105 Å². The second-order valence-corrected chi connectivity index (χ2v) is 4.91. The van der Waals surface area contributed by atoms with E-state index in [0.29, 0.717) is 29.4 Å². The van der Waals surface area contributed by atoms with Gasteiger partial charge in [-0.05, 0) is 24.3 Å². The van der Waals surface area contributed by atoms with E-state index < -0.39 is 6.10 Å². The van der Waals surface area contributed by atoms with Gasteiger partial charge in [0, 0.05) is 17.1 Å². The molecule has 5 N–H and O–H groups in total. The van der Waals surface area contributed by atoms with Crippen molar-refractivity contribution in [3.63, 3.8) is 0 Å². The average Bonchev–Trinajstić information content (AvgIpc) is 2.46. The SMILES string of the molecule is NNC(=O)c1ccc(OCCSCC(O)CO)cc1. The molecule has 0 aliphatic heterocycles. The van der Waals surface area contributed by atoms with Gasteiger partial charge >= 0.3 is 0 Å². The Morgan fingerprint density at radius 1 is 1.42 bits per heavy atom. The van der Waals surface area contributed by atoms with Crippen LogP contribution in [0.3, 0.4) is 0 Å². The van der Waals surface area contributed by atoms with Gasteiger partial charge in [0.25, 0.3) is 5.91 Å². The van der Waals surface area contributed by atoms with Crippen molar-refractivity contribution in [2.45, 2.75) is 6.10 Å².